The van der Waals surface area contributed by atoms with Gasteiger partial charge in [0.1, 0.15) is 0 Å². The van der Waals surface area contributed by atoms with E-state index < -0.39 is 0 Å². The standard InChI is InChI=1S/C18H26N2O/c1-13(2)20-15(14-8-5-4-6-9-14)12-18(3)16(20)10-7-11-17(21)19-18/h4-6,8-9,13,15-16H,7,10-12H2,1-3H3,(H,19,21)/t15-,16-,18-/m0/s1. The van der Waals surface area contributed by atoms with E-state index in [-0.39, 0.29) is 11.4 Å². The van der Waals surface area contributed by atoms with Gasteiger partial charge in [0.2, 0.25) is 5.91 Å². The van der Waals surface area contributed by atoms with Gasteiger partial charge in [-0.3, -0.25) is 9.69 Å². The van der Waals surface area contributed by atoms with Gasteiger partial charge in [0.25, 0.3) is 0 Å². The lowest BCUT2D eigenvalue weighted by atomic mass is 9.88. The van der Waals surface area contributed by atoms with Crippen molar-refractivity contribution in [2.24, 2.45) is 0 Å². The van der Waals surface area contributed by atoms with Crippen molar-refractivity contribution in [1.82, 2.24) is 10.2 Å². The van der Waals surface area contributed by atoms with Crippen LogP contribution in [0.2, 0.25) is 0 Å². The molecule has 0 aliphatic carbocycles. The molecule has 1 amide bonds. The molecule has 1 aromatic carbocycles. The Morgan fingerprint density at radius 1 is 1.29 bits per heavy atom. The summed E-state index contributed by atoms with van der Waals surface area (Å²) in [6.07, 6.45) is 3.78. The number of rotatable bonds is 2. The van der Waals surface area contributed by atoms with E-state index in [1.54, 1.807) is 0 Å². The van der Waals surface area contributed by atoms with Gasteiger partial charge in [0.05, 0.1) is 5.54 Å². The summed E-state index contributed by atoms with van der Waals surface area (Å²) < 4.78 is 0. The molecule has 3 rings (SSSR count). The Kier molecular flexibility index (Phi) is 3.78. The molecule has 21 heavy (non-hydrogen) atoms. The summed E-state index contributed by atoms with van der Waals surface area (Å²) in [5.41, 5.74) is 1.27. The zero-order chi connectivity index (χ0) is 15.0. The molecule has 2 heterocycles. The predicted molar refractivity (Wildman–Crippen MR) is 85.0 cm³/mol. The molecule has 0 unspecified atom stereocenters. The first-order valence-electron chi connectivity index (χ1n) is 8.15. The van der Waals surface area contributed by atoms with E-state index in [4.69, 9.17) is 0 Å². The minimum absolute atomic E-state index is 0.0988. The minimum atomic E-state index is -0.0988. The monoisotopic (exact) mass is 286 g/mol. The quantitative estimate of drug-likeness (QED) is 0.905. The van der Waals surface area contributed by atoms with Crippen molar-refractivity contribution >= 4 is 5.91 Å². The van der Waals surface area contributed by atoms with Crippen molar-refractivity contribution in [2.75, 3.05) is 0 Å². The van der Waals surface area contributed by atoms with Gasteiger partial charge in [-0.1, -0.05) is 30.3 Å². The Hall–Kier alpha value is -1.35. The molecule has 3 nitrogen and oxygen atoms in total. The smallest absolute Gasteiger partial charge is 0.220 e. The van der Waals surface area contributed by atoms with Crippen molar-refractivity contribution in [3.05, 3.63) is 35.9 Å². The first kappa shape index (κ1) is 14.6. The lowest BCUT2D eigenvalue weighted by molar-refractivity contribution is -0.122. The van der Waals surface area contributed by atoms with E-state index >= 15 is 0 Å². The van der Waals surface area contributed by atoms with E-state index in [1.807, 2.05) is 0 Å². The topological polar surface area (TPSA) is 32.3 Å². The highest BCUT2D eigenvalue weighted by molar-refractivity contribution is 5.77. The number of benzene rings is 1. The Morgan fingerprint density at radius 3 is 2.67 bits per heavy atom. The molecule has 2 fully saturated rings. The predicted octanol–water partition coefficient (Wildman–Crippen LogP) is 3.27. The first-order valence-corrected chi connectivity index (χ1v) is 8.15. The van der Waals surface area contributed by atoms with Gasteiger partial charge in [-0.15, -0.1) is 0 Å². The first-order chi connectivity index (χ1) is 10.0. The maximum atomic E-state index is 12.0. The molecular formula is C18H26N2O. The second-order valence-electron chi connectivity index (χ2n) is 7.05. The van der Waals surface area contributed by atoms with Crippen LogP contribution in [0.5, 0.6) is 0 Å². The van der Waals surface area contributed by atoms with Crippen LogP contribution in [0.1, 0.15) is 58.1 Å². The van der Waals surface area contributed by atoms with E-state index in [0.29, 0.717) is 24.5 Å². The fourth-order valence-electron chi connectivity index (χ4n) is 4.31. The lowest BCUT2D eigenvalue weighted by Gasteiger charge is -2.37. The maximum absolute atomic E-state index is 12.0. The highest BCUT2D eigenvalue weighted by Gasteiger charge is 2.51. The molecule has 0 radical (unpaired) electrons. The summed E-state index contributed by atoms with van der Waals surface area (Å²) in [4.78, 5) is 14.6. The molecular weight excluding hydrogens is 260 g/mol. The largest absolute Gasteiger partial charge is 0.349 e. The summed E-state index contributed by atoms with van der Waals surface area (Å²) in [5.74, 6) is 0.220. The van der Waals surface area contributed by atoms with Gasteiger partial charge in [-0.25, -0.2) is 0 Å². The molecule has 114 valence electrons. The van der Waals surface area contributed by atoms with Gasteiger partial charge >= 0.3 is 0 Å². The fourth-order valence-corrected chi connectivity index (χ4v) is 4.31. The summed E-state index contributed by atoms with van der Waals surface area (Å²) in [5, 5.41) is 3.32. The molecule has 0 aromatic heterocycles. The Bertz CT molecular complexity index is 513. The number of carbonyl (C=O) groups excluding carboxylic acids is 1. The van der Waals surface area contributed by atoms with Crippen molar-refractivity contribution < 1.29 is 4.79 Å². The Morgan fingerprint density at radius 2 is 2.00 bits per heavy atom. The van der Waals surface area contributed by atoms with Crippen molar-refractivity contribution in [2.45, 2.75) is 70.1 Å². The number of nitrogens with one attached hydrogen (secondary N) is 1. The third-order valence-electron chi connectivity index (χ3n) is 5.16. The van der Waals surface area contributed by atoms with Gasteiger partial charge < -0.3 is 5.32 Å². The number of hydrogen-bond donors (Lipinski definition) is 1. The number of amides is 1. The van der Waals surface area contributed by atoms with Crippen LogP contribution in [0.4, 0.5) is 0 Å². The van der Waals surface area contributed by atoms with E-state index in [1.165, 1.54) is 5.56 Å². The molecule has 1 aromatic rings. The zero-order valence-corrected chi connectivity index (χ0v) is 13.3. The SMILES string of the molecule is CC(C)N1[C@H]2CCCC(=O)N[C@@]2(C)C[C@H]1c1ccccc1. The fraction of sp³-hybridized carbons (Fsp3) is 0.611. The van der Waals surface area contributed by atoms with E-state index in [9.17, 15) is 4.79 Å². The number of fused-ring (bicyclic) bond motifs is 1. The van der Waals surface area contributed by atoms with Gasteiger partial charge in [0.15, 0.2) is 0 Å². The molecule has 2 aliphatic rings. The average Bonchev–Trinajstić information content (AvgIpc) is 2.64. The zero-order valence-electron chi connectivity index (χ0n) is 13.3. The minimum Gasteiger partial charge on any atom is -0.349 e. The van der Waals surface area contributed by atoms with Crippen LogP contribution in [0, 0.1) is 0 Å². The van der Waals surface area contributed by atoms with Crippen LogP contribution in [-0.4, -0.2) is 28.4 Å². The Balaban J connectivity index is 1.98. The molecule has 0 spiro atoms. The van der Waals surface area contributed by atoms with Crippen LogP contribution >= 0.6 is 0 Å². The third kappa shape index (κ3) is 2.59. The number of hydrogen-bond acceptors (Lipinski definition) is 2. The highest BCUT2D eigenvalue weighted by atomic mass is 16.1. The molecule has 0 saturated carbocycles. The Labute approximate surface area is 127 Å². The van der Waals surface area contributed by atoms with E-state index in [0.717, 1.165) is 19.3 Å². The van der Waals surface area contributed by atoms with Crippen molar-refractivity contribution in [3.8, 4) is 0 Å². The van der Waals surface area contributed by atoms with Crippen molar-refractivity contribution in [1.29, 1.82) is 0 Å². The molecule has 1 N–H and O–H groups in total. The lowest BCUT2D eigenvalue weighted by Crippen LogP contribution is -2.54. The maximum Gasteiger partial charge on any atom is 0.220 e. The molecule has 0 bridgehead atoms. The molecule has 2 saturated heterocycles. The van der Waals surface area contributed by atoms with Crippen LogP contribution in [0.15, 0.2) is 30.3 Å². The van der Waals surface area contributed by atoms with Gasteiger partial charge in [-0.05, 0) is 45.6 Å². The summed E-state index contributed by atoms with van der Waals surface area (Å²) in [6, 6.07) is 12.1. The van der Waals surface area contributed by atoms with Crippen molar-refractivity contribution in [3.63, 3.8) is 0 Å². The number of nitrogens with zero attached hydrogens (tertiary/aromatic N) is 1. The summed E-state index contributed by atoms with van der Waals surface area (Å²) >= 11 is 0. The third-order valence-corrected chi connectivity index (χ3v) is 5.16. The van der Waals surface area contributed by atoms with Gasteiger partial charge in [0, 0.05) is 24.5 Å². The van der Waals surface area contributed by atoms with Crippen LogP contribution < -0.4 is 5.32 Å². The number of likely N-dealkylation sites (tertiary alicyclic amines) is 1. The summed E-state index contributed by atoms with van der Waals surface area (Å²) in [6.45, 7) is 6.78. The molecule has 3 atom stereocenters. The number of carbonyl (C=O) groups is 1. The second-order valence-corrected chi connectivity index (χ2v) is 7.05. The average molecular weight is 286 g/mol. The van der Waals surface area contributed by atoms with Crippen LogP contribution in [0.25, 0.3) is 0 Å². The highest BCUT2D eigenvalue weighted by Crippen LogP contribution is 2.46. The summed E-state index contributed by atoms with van der Waals surface area (Å²) in [7, 11) is 0. The van der Waals surface area contributed by atoms with Gasteiger partial charge in [-0.2, -0.15) is 0 Å². The van der Waals surface area contributed by atoms with E-state index in [2.05, 4.69) is 61.3 Å². The van der Waals surface area contributed by atoms with Crippen LogP contribution in [-0.2, 0) is 4.79 Å². The second kappa shape index (κ2) is 5.45. The molecule has 3 heteroatoms. The molecule has 2 aliphatic heterocycles. The van der Waals surface area contributed by atoms with Crippen LogP contribution in [0.3, 0.4) is 0 Å². The normalized spacial score (nSPS) is 33.6.